The van der Waals surface area contributed by atoms with Gasteiger partial charge in [-0.25, -0.2) is 0 Å². The van der Waals surface area contributed by atoms with Crippen LogP contribution in [0.2, 0.25) is 0 Å². The van der Waals surface area contributed by atoms with Crippen LogP contribution in [0.5, 0.6) is 0 Å². The molecule has 1 heterocycles. The van der Waals surface area contributed by atoms with E-state index in [1.807, 2.05) is 0 Å². The van der Waals surface area contributed by atoms with E-state index in [1.54, 1.807) is 0 Å². The average Bonchev–Trinajstić information content (AvgIpc) is 2.57. The highest BCUT2D eigenvalue weighted by Gasteiger charge is 2.28. The van der Waals surface area contributed by atoms with Crippen LogP contribution < -0.4 is 5.32 Å². The van der Waals surface area contributed by atoms with Gasteiger partial charge < -0.3 is 10.2 Å². The lowest BCUT2D eigenvalue weighted by Crippen LogP contribution is -2.53. The van der Waals surface area contributed by atoms with Gasteiger partial charge in [-0.2, -0.15) is 0 Å². The number of hydrogen-bond donors (Lipinski definition) is 1. The molecule has 0 amide bonds. The second-order valence-corrected chi connectivity index (χ2v) is 6.40. The van der Waals surface area contributed by atoms with Gasteiger partial charge in [0.2, 0.25) is 0 Å². The third-order valence-electron chi connectivity index (χ3n) is 4.97. The molecule has 106 valence electrons. The van der Waals surface area contributed by atoms with Crippen LogP contribution in [-0.4, -0.2) is 62.2 Å². The fourth-order valence-corrected chi connectivity index (χ4v) is 3.73. The maximum Gasteiger partial charge on any atom is 0.0195 e. The van der Waals surface area contributed by atoms with Gasteiger partial charge in [-0.3, -0.25) is 4.90 Å². The van der Waals surface area contributed by atoms with Crippen LogP contribution in [0.3, 0.4) is 0 Å². The van der Waals surface area contributed by atoms with E-state index in [0.717, 1.165) is 18.0 Å². The Kier molecular flexibility index (Phi) is 5.46. The molecule has 0 aromatic carbocycles. The van der Waals surface area contributed by atoms with Gasteiger partial charge in [-0.1, -0.05) is 19.3 Å². The monoisotopic (exact) mass is 253 g/mol. The molecule has 3 atom stereocenters. The van der Waals surface area contributed by atoms with Gasteiger partial charge in [0, 0.05) is 38.3 Å². The van der Waals surface area contributed by atoms with Crippen LogP contribution in [-0.2, 0) is 0 Å². The number of rotatable bonds is 3. The molecular weight excluding hydrogens is 222 g/mol. The maximum absolute atomic E-state index is 3.57. The van der Waals surface area contributed by atoms with Crippen molar-refractivity contribution in [1.29, 1.82) is 0 Å². The summed E-state index contributed by atoms with van der Waals surface area (Å²) in [6.07, 6.45) is 7.09. The molecule has 2 aliphatic rings. The van der Waals surface area contributed by atoms with E-state index in [0.29, 0.717) is 0 Å². The Balaban J connectivity index is 1.89. The van der Waals surface area contributed by atoms with Gasteiger partial charge in [0.15, 0.2) is 0 Å². The van der Waals surface area contributed by atoms with E-state index in [2.05, 4.69) is 36.1 Å². The van der Waals surface area contributed by atoms with Gasteiger partial charge in [0.05, 0.1) is 0 Å². The first-order valence-electron chi connectivity index (χ1n) is 7.80. The molecule has 1 aliphatic heterocycles. The number of hydrogen-bond acceptors (Lipinski definition) is 3. The number of nitrogens with one attached hydrogen (secondary N) is 1. The van der Waals surface area contributed by atoms with Crippen molar-refractivity contribution in [2.45, 2.75) is 51.1 Å². The lowest BCUT2D eigenvalue weighted by Gasteiger charge is -2.41. The van der Waals surface area contributed by atoms with Crippen molar-refractivity contribution in [2.24, 2.45) is 5.92 Å². The molecule has 1 saturated carbocycles. The maximum atomic E-state index is 3.57. The fourth-order valence-electron chi connectivity index (χ4n) is 3.73. The Morgan fingerprint density at radius 3 is 2.61 bits per heavy atom. The van der Waals surface area contributed by atoms with E-state index in [-0.39, 0.29) is 0 Å². The summed E-state index contributed by atoms with van der Waals surface area (Å²) in [5.74, 6) is 0.864. The molecule has 1 aliphatic carbocycles. The quantitative estimate of drug-likeness (QED) is 0.774. The summed E-state index contributed by atoms with van der Waals surface area (Å²) in [5.41, 5.74) is 0. The van der Waals surface area contributed by atoms with Crippen molar-refractivity contribution in [2.75, 3.05) is 40.3 Å². The van der Waals surface area contributed by atoms with Crippen molar-refractivity contribution < 1.29 is 0 Å². The lowest BCUT2D eigenvalue weighted by atomic mass is 9.93. The third-order valence-corrected chi connectivity index (χ3v) is 4.97. The molecule has 0 aromatic rings. The van der Waals surface area contributed by atoms with Crippen LogP contribution in [0.4, 0.5) is 0 Å². The zero-order valence-corrected chi connectivity index (χ0v) is 12.5. The van der Waals surface area contributed by atoms with Crippen LogP contribution >= 0.6 is 0 Å². The zero-order valence-electron chi connectivity index (χ0n) is 12.5. The standard InChI is InChI=1S/C15H31N3/c1-13-11-17(3)9-10-18(13)12-14-7-5-4-6-8-15(14)16-2/h13-16H,4-12H2,1-3H3. The van der Waals surface area contributed by atoms with Crippen LogP contribution in [0.25, 0.3) is 0 Å². The highest BCUT2D eigenvalue weighted by Crippen LogP contribution is 2.25. The van der Waals surface area contributed by atoms with Gasteiger partial charge >= 0.3 is 0 Å². The number of likely N-dealkylation sites (N-methyl/N-ethyl adjacent to an activating group) is 1. The summed E-state index contributed by atoms with van der Waals surface area (Å²) >= 11 is 0. The van der Waals surface area contributed by atoms with E-state index < -0.39 is 0 Å². The van der Waals surface area contributed by atoms with Crippen LogP contribution in [0.15, 0.2) is 0 Å². The second-order valence-electron chi connectivity index (χ2n) is 6.40. The first-order chi connectivity index (χ1) is 8.70. The SMILES string of the molecule is CNC1CCCCCC1CN1CCN(C)CC1C. The Hall–Kier alpha value is -0.120. The molecule has 0 aromatic heterocycles. The molecule has 2 fully saturated rings. The summed E-state index contributed by atoms with van der Waals surface area (Å²) in [5, 5.41) is 3.57. The average molecular weight is 253 g/mol. The molecule has 3 unspecified atom stereocenters. The molecule has 1 saturated heterocycles. The third kappa shape index (κ3) is 3.69. The van der Waals surface area contributed by atoms with E-state index in [4.69, 9.17) is 0 Å². The molecule has 0 spiro atoms. The zero-order chi connectivity index (χ0) is 13.0. The molecule has 18 heavy (non-hydrogen) atoms. The largest absolute Gasteiger partial charge is 0.317 e. The Morgan fingerprint density at radius 1 is 1.11 bits per heavy atom. The van der Waals surface area contributed by atoms with Crippen LogP contribution in [0.1, 0.15) is 39.0 Å². The van der Waals surface area contributed by atoms with E-state index in [1.165, 1.54) is 58.3 Å². The number of nitrogens with zero attached hydrogens (tertiary/aromatic N) is 2. The second kappa shape index (κ2) is 6.88. The lowest BCUT2D eigenvalue weighted by molar-refractivity contribution is 0.0766. The molecule has 0 radical (unpaired) electrons. The first kappa shape index (κ1) is 14.3. The minimum absolute atomic E-state index is 0.726. The predicted octanol–water partition coefficient (Wildman–Crippen LogP) is 1.79. The summed E-state index contributed by atoms with van der Waals surface area (Å²) in [6, 6.07) is 1.48. The topological polar surface area (TPSA) is 18.5 Å². The highest BCUT2D eigenvalue weighted by atomic mass is 15.3. The molecule has 3 nitrogen and oxygen atoms in total. The van der Waals surface area contributed by atoms with Crippen molar-refractivity contribution in [3.05, 3.63) is 0 Å². The van der Waals surface area contributed by atoms with Crippen molar-refractivity contribution in [3.8, 4) is 0 Å². The van der Waals surface area contributed by atoms with Gasteiger partial charge in [-0.15, -0.1) is 0 Å². The fraction of sp³-hybridized carbons (Fsp3) is 1.00. The van der Waals surface area contributed by atoms with Gasteiger partial charge in [0.1, 0.15) is 0 Å². The van der Waals surface area contributed by atoms with Gasteiger partial charge in [-0.05, 0) is 39.8 Å². The molecule has 1 N–H and O–H groups in total. The molecule has 2 rings (SSSR count). The van der Waals surface area contributed by atoms with Crippen molar-refractivity contribution in [1.82, 2.24) is 15.1 Å². The number of piperazine rings is 1. The van der Waals surface area contributed by atoms with Crippen LogP contribution in [0, 0.1) is 5.92 Å². The minimum atomic E-state index is 0.726. The van der Waals surface area contributed by atoms with E-state index >= 15 is 0 Å². The predicted molar refractivity (Wildman–Crippen MR) is 78.0 cm³/mol. The highest BCUT2D eigenvalue weighted by molar-refractivity contribution is 4.85. The summed E-state index contributed by atoms with van der Waals surface area (Å²) in [6.45, 7) is 7.42. The van der Waals surface area contributed by atoms with Crippen molar-refractivity contribution >= 4 is 0 Å². The molecular formula is C15H31N3. The Morgan fingerprint density at radius 2 is 1.89 bits per heavy atom. The normalized spacial score (nSPS) is 36.5. The minimum Gasteiger partial charge on any atom is -0.317 e. The van der Waals surface area contributed by atoms with Crippen molar-refractivity contribution in [3.63, 3.8) is 0 Å². The Labute approximate surface area is 113 Å². The Bertz CT molecular complexity index is 244. The molecule has 3 heteroatoms. The summed E-state index contributed by atoms with van der Waals surface area (Å²) in [4.78, 5) is 5.18. The van der Waals surface area contributed by atoms with Gasteiger partial charge in [0.25, 0.3) is 0 Å². The first-order valence-corrected chi connectivity index (χ1v) is 7.80. The molecule has 0 bridgehead atoms. The van der Waals surface area contributed by atoms with E-state index in [9.17, 15) is 0 Å². The smallest absolute Gasteiger partial charge is 0.0195 e. The summed E-state index contributed by atoms with van der Waals surface area (Å²) < 4.78 is 0. The summed E-state index contributed by atoms with van der Waals surface area (Å²) in [7, 11) is 4.40.